The lowest BCUT2D eigenvalue weighted by molar-refractivity contribution is 0.00421. The minimum Gasteiger partial charge on any atom is -0.383 e. The van der Waals surface area contributed by atoms with Gasteiger partial charge in [0, 0.05) is 50.9 Å². The van der Waals surface area contributed by atoms with Crippen molar-refractivity contribution in [3.8, 4) is 0 Å². The van der Waals surface area contributed by atoms with Crippen LogP contribution in [-0.2, 0) is 4.74 Å². The average Bonchev–Trinajstić information content (AvgIpc) is 2.42. The fraction of sp³-hybridized carbons (Fsp3) is 1.00. The van der Waals surface area contributed by atoms with E-state index < -0.39 is 0 Å². The van der Waals surface area contributed by atoms with Gasteiger partial charge in [-0.2, -0.15) is 0 Å². The molecule has 0 aromatic rings. The molecule has 4 nitrogen and oxygen atoms in total. The number of hydrogen-bond acceptors (Lipinski definition) is 4. The number of piperazine rings is 1. The van der Waals surface area contributed by atoms with Crippen LogP contribution in [-0.4, -0.2) is 73.9 Å². The molecule has 1 N–H and O–H groups in total. The van der Waals surface area contributed by atoms with E-state index in [1.54, 1.807) is 0 Å². The number of piperidine rings is 1. The number of ether oxygens (including phenoxy) is 1. The number of rotatable bonds is 5. The lowest BCUT2D eigenvalue weighted by Crippen LogP contribution is -2.60. The quantitative estimate of drug-likeness (QED) is 0.829. The summed E-state index contributed by atoms with van der Waals surface area (Å²) < 4.78 is 5.46. The van der Waals surface area contributed by atoms with Crippen molar-refractivity contribution in [2.75, 3.05) is 46.4 Å². The molecule has 0 aromatic carbocycles. The van der Waals surface area contributed by atoms with Crippen LogP contribution in [0.5, 0.6) is 0 Å². The highest BCUT2D eigenvalue weighted by molar-refractivity contribution is 4.89. The maximum atomic E-state index is 5.46. The molecule has 0 aliphatic carbocycles. The van der Waals surface area contributed by atoms with Crippen LogP contribution in [0.15, 0.2) is 0 Å². The molecule has 0 spiro atoms. The van der Waals surface area contributed by atoms with E-state index >= 15 is 0 Å². The van der Waals surface area contributed by atoms with Gasteiger partial charge in [0.15, 0.2) is 0 Å². The van der Waals surface area contributed by atoms with Gasteiger partial charge in [0.25, 0.3) is 0 Å². The summed E-state index contributed by atoms with van der Waals surface area (Å²) in [5, 5.41) is 3.64. The highest BCUT2D eigenvalue weighted by atomic mass is 16.5. The summed E-state index contributed by atoms with van der Waals surface area (Å²) in [5.74, 6) is 0. The molecule has 2 saturated heterocycles. The first-order valence-corrected chi connectivity index (χ1v) is 8.21. The van der Waals surface area contributed by atoms with Gasteiger partial charge in [0.05, 0.1) is 6.61 Å². The molecule has 2 atom stereocenters. The largest absolute Gasteiger partial charge is 0.383 e. The molecular formula is C16H33N3O. The molecule has 0 saturated carbocycles. The van der Waals surface area contributed by atoms with Gasteiger partial charge in [-0.05, 0) is 40.2 Å². The Kier molecular flexibility index (Phi) is 5.84. The van der Waals surface area contributed by atoms with Crippen LogP contribution in [0.25, 0.3) is 0 Å². The second kappa shape index (κ2) is 7.21. The Hall–Kier alpha value is -0.160. The average molecular weight is 283 g/mol. The Morgan fingerprint density at radius 1 is 1.20 bits per heavy atom. The first-order valence-electron chi connectivity index (χ1n) is 8.21. The second-order valence-electron chi connectivity index (χ2n) is 7.42. The third-order valence-corrected chi connectivity index (χ3v) is 4.61. The molecule has 2 fully saturated rings. The van der Waals surface area contributed by atoms with Crippen molar-refractivity contribution in [2.24, 2.45) is 0 Å². The van der Waals surface area contributed by atoms with Crippen molar-refractivity contribution in [1.29, 1.82) is 0 Å². The minimum atomic E-state index is 0.179. The molecule has 4 heteroatoms. The van der Waals surface area contributed by atoms with Crippen molar-refractivity contribution < 1.29 is 4.74 Å². The molecule has 118 valence electrons. The number of fused-ring (bicyclic) bond motifs is 1. The highest BCUT2D eigenvalue weighted by Gasteiger charge is 2.32. The summed E-state index contributed by atoms with van der Waals surface area (Å²) in [6, 6.07) is 1.29. The fourth-order valence-electron chi connectivity index (χ4n) is 3.42. The first-order chi connectivity index (χ1) is 9.49. The molecule has 0 bridgehead atoms. The van der Waals surface area contributed by atoms with E-state index in [9.17, 15) is 0 Å². The number of nitrogens with zero attached hydrogens (tertiary/aromatic N) is 2. The molecule has 2 aliphatic rings. The van der Waals surface area contributed by atoms with Crippen LogP contribution < -0.4 is 5.32 Å². The fourth-order valence-corrected chi connectivity index (χ4v) is 3.42. The maximum absolute atomic E-state index is 5.46. The van der Waals surface area contributed by atoms with E-state index in [1.165, 1.54) is 45.4 Å². The first kappa shape index (κ1) is 16.2. The highest BCUT2D eigenvalue weighted by Crippen LogP contribution is 2.22. The van der Waals surface area contributed by atoms with Gasteiger partial charge in [0.2, 0.25) is 0 Å². The lowest BCUT2D eigenvalue weighted by Gasteiger charge is -2.46. The third kappa shape index (κ3) is 4.69. The van der Waals surface area contributed by atoms with Gasteiger partial charge in [0.1, 0.15) is 0 Å². The van der Waals surface area contributed by atoms with E-state index in [0.29, 0.717) is 6.04 Å². The minimum absolute atomic E-state index is 0.179. The van der Waals surface area contributed by atoms with Crippen molar-refractivity contribution in [2.45, 2.75) is 57.7 Å². The smallest absolute Gasteiger partial charge is 0.0630 e. The Balaban J connectivity index is 1.88. The zero-order valence-electron chi connectivity index (χ0n) is 13.8. The van der Waals surface area contributed by atoms with E-state index in [0.717, 1.165) is 19.2 Å². The molecule has 2 heterocycles. The summed E-state index contributed by atoms with van der Waals surface area (Å²) in [7, 11) is 1.82. The topological polar surface area (TPSA) is 27.7 Å². The van der Waals surface area contributed by atoms with E-state index in [2.05, 4.69) is 35.9 Å². The molecule has 0 radical (unpaired) electrons. The van der Waals surface area contributed by atoms with Crippen molar-refractivity contribution >= 4 is 0 Å². The summed E-state index contributed by atoms with van der Waals surface area (Å²) in [6.45, 7) is 13.5. The predicted octanol–water partition coefficient (Wildman–Crippen LogP) is 1.56. The molecular weight excluding hydrogens is 250 g/mol. The number of nitrogens with one attached hydrogen (secondary N) is 1. The normalized spacial score (nSPS) is 27.3. The maximum Gasteiger partial charge on any atom is 0.0630 e. The number of methoxy groups -OCH3 is 1. The van der Waals surface area contributed by atoms with Gasteiger partial charge >= 0.3 is 0 Å². The Bertz CT molecular complexity index is 290. The van der Waals surface area contributed by atoms with Gasteiger partial charge in [-0.25, -0.2) is 0 Å². The lowest BCUT2D eigenvalue weighted by atomic mass is 9.98. The summed E-state index contributed by atoms with van der Waals surface area (Å²) in [5.41, 5.74) is 0.179. The third-order valence-electron chi connectivity index (χ3n) is 4.61. The van der Waals surface area contributed by atoms with Crippen molar-refractivity contribution in [1.82, 2.24) is 15.1 Å². The van der Waals surface area contributed by atoms with Gasteiger partial charge in [-0.15, -0.1) is 0 Å². The van der Waals surface area contributed by atoms with E-state index in [-0.39, 0.29) is 5.54 Å². The second-order valence-corrected chi connectivity index (χ2v) is 7.42. The predicted molar refractivity (Wildman–Crippen MR) is 84.2 cm³/mol. The van der Waals surface area contributed by atoms with Gasteiger partial charge in [-0.1, -0.05) is 6.42 Å². The molecule has 0 amide bonds. The molecule has 2 unspecified atom stereocenters. The zero-order chi connectivity index (χ0) is 14.6. The van der Waals surface area contributed by atoms with Crippen molar-refractivity contribution in [3.63, 3.8) is 0 Å². The van der Waals surface area contributed by atoms with Crippen LogP contribution in [0.2, 0.25) is 0 Å². The molecule has 2 aliphatic heterocycles. The van der Waals surface area contributed by atoms with E-state index in [4.69, 9.17) is 4.74 Å². The SMILES string of the molecule is COCC(CNC(C)(C)C)N1CCN2CCCCC2C1. The Labute approximate surface area is 124 Å². The van der Waals surface area contributed by atoms with Gasteiger partial charge in [-0.3, -0.25) is 9.80 Å². The van der Waals surface area contributed by atoms with E-state index in [1.807, 2.05) is 7.11 Å². The van der Waals surface area contributed by atoms with Crippen LogP contribution >= 0.6 is 0 Å². The van der Waals surface area contributed by atoms with Crippen LogP contribution in [0, 0.1) is 0 Å². The standard InChI is InChI=1S/C16H33N3O/c1-16(2,3)17-11-15(13-20-4)19-10-9-18-8-6-5-7-14(18)12-19/h14-15,17H,5-13H2,1-4H3. The van der Waals surface area contributed by atoms with Crippen LogP contribution in [0.1, 0.15) is 40.0 Å². The zero-order valence-corrected chi connectivity index (χ0v) is 13.8. The van der Waals surface area contributed by atoms with Crippen LogP contribution in [0.3, 0.4) is 0 Å². The Morgan fingerprint density at radius 3 is 2.70 bits per heavy atom. The summed E-state index contributed by atoms with van der Waals surface area (Å²) in [6.07, 6.45) is 4.18. The summed E-state index contributed by atoms with van der Waals surface area (Å²) >= 11 is 0. The Morgan fingerprint density at radius 2 is 2.00 bits per heavy atom. The van der Waals surface area contributed by atoms with Gasteiger partial charge < -0.3 is 10.1 Å². The van der Waals surface area contributed by atoms with Crippen LogP contribution in [0.4, 0.5) is 0 Å². The summed E-state index contributed by atoms with van der Waals surface area (Å²) in [4.78, 5) is 5.34. The molecule has 2 rings (SSSR count). The number of hydrogen-bond donors (Lipinski definition) is 1. The van der Waals surface area contributed by atoms with Crippen molar-refractivity contribution in [3.05, 3.63) is 0 Å². The molecule has 20 heavy (non-hydrogen) atoms. The monoisotopic (exact) mass is 283 g/mol. The molecule has 0 aromatic heterocycles.